The number of fused-ring (bicyclic) bond motifs is 1. The summed E-state index contributed by atoms with van der Waals surface area (Å²) in [5.41, 5.74) is 8.46. The number of hydrogen-bond acceptors (Lipinski definition) is 7. The summed E-state index contributed by atoms with van der Waals surface area (Å²) in [5.74, 6) is -0.0000674. The van der Waals surface area contributed by atoms with Crippen LogP contribution in [0, 0.1) is 6.92 Å². The lowest BCUT2D eigenvalue weighted by Gasteiger charge is -2.27. The highest BCUT2D eigenvalue weighted by Crippen LogP contribution is 2.33. The number of aromatic nitrogens is 2. The van der Waals surface area contributed by atoms with Crippen molar-refractivity contribution in [3.05, 3.63) is 58.7 Å². The van der Waals surface area contributed by atoms with Crippen molar-refractivity contribution < 1.29 is 14.3 Å². The second-order valence-corrected chi connectivity index (χ2v) is 8.87. The Kier molecular flexibility index (Phi) is 6.78. The first-order valence-electron chi connectivity index (χ1n) is 10.2. The molecule has 0 bridgehead atoms. The largest absolute Gasteiger partial charge is 0.462 e. The molecule has 2 aromatic heterocycles. The van der Waals surface area contributed by atoms with Gasteiger partial charge in [-0.25, -0.2) is 19.6 Å². The molecule has 2 amide bonds. The van der Waals surface area contributed by atoms with Crippen LogP contribution in [0.15, 0.2) is 37.2 Å². The predicted octanol–water partition coefficient (Wildman–Crippen LogP) is 4.77. The first-order chi connectivity index (χ1) is 15.1. The highest BCUT2D eigenvalue weighted by Gasteiger charge is 2.24. The zero-order valence-electron chi connectivity index (χ0n) is 18.8. The summed E-state index contributed by atoms with van der Waals surface area (Å²) >= 11 is 1.23. The number of thiophene rings is 1. The molecule has 0 aliphatic carbocycles. The quantitative estimate of drug-likeness (QED) is 0.351. The Hall–Kier alpha value is -3.46. The minimum atomic E-state index is -0.631. The average Bonchev–Trinajstić information content (AvgIpc) is 3.09. The third-order valence-electron chi connectivity index (χ3n) is 4.99. The van der Waals surface area contributed by atoms with Gasteiger partial charge in [0.05, 0.1) is 17.5 Å². The second-order valence-electron chi connectivity index (χ2n) is 7.87. The van der Waals surface area contributed by atoms with E-state index in [0.29, 0.717) is 26.5 Å². The van der Waals surface area contributed by atoms with Gasteiger partial charge in [-0.1, -0.05) is 30.4 Å². The smallest absolute Gasteiger partial charge is 0.348 e. The molecule has 0 aliphatic heterocycles. The molecule has 0 radical (unpaired) electrons. The van der Waals surface area contributed by atoms with Crippen molar-refractivity contribution in [1.82, 2.24) is 20.7 Å². The number of rotatable bonds is 7. The number of aryl methyl sites for hydroxylation is 1. The van der Waals surface area contributed by atoms with Crippen molar-refractivity contribution in [2.45, 2.75) is 40.2 Å². The standard InChI is InChI=1S/C23H27N5O3S/c1-7-31-21(29)18-14(4)17-19(24-12-25-20(17)32-18)27-28-22(30)26-23(5,6)16-10-8-9-15(11-16)13(2)3/h8-12H,2,7H2,1,3-6H3,(H,24,25,27)(H2,26,28,30). The zero-order chi connectivity index (χ0) is 23.5. The van der Waals surface area contributed by atoms with Crippen LogP contribution in [0.3, 0.4) is 0 Å². The maximum absolute atomic E-state index is 12.6. The number of amides is 2. The van der Waals surface area contributed by atoms with Crippen LogP contribution in [0.5, 0.6) is 0 Å². The molecule has 9 heteroatoms. The van der Waals surface area contributed by atoms with E-state index >= 15 is 0 Å². The number of ether oxygens (including phenoxy) is 1. The molecule has 1 aromatic carbocycles. The molecule has 0 saturated heterocycles. The van der Waals surface area contributed by atoms with Crippen molar-refractivity contribution >= 4 is 44.9 Å². The number of anilines is 1. The molecule has 3 aromatic rings. The Labute approximate surface area is 191 Å². The van der Waals surface area contributed by atoms with Crippen LogP contribution < -0.4 is 16.2 Å². The summed E-state index contributed by atoms with van der Waals surface area (Å²) in [6.45, 7) is 13.6. The van der Waals surface area contributed by atoms with Crippen LogP contribution in [0.4, 0.5) is 10.6 Å². The lowest BCUT2D eigenvalue weighted by molar-refractivity contribution is 0.0531. The fourth-order valence-corrected chi connectivity index (χ4v) is 4.28. The van der Waals surface area contributed by atoms with Gasteiger partial charge in [-0.15, -0.1) is 11.3 Å². The SMILES string of the molecule is C=C(C)c1cccc(C(C)(C)NC(=O)NNc2ncnc3sc(C(=O)OCC)c(C)c23)c1. The van der Waals surface area contributed by atoms with Crippen LogP contribution >= 0.6 is 11.3 Å². The number of urea groups is 1. The molecule has 2 heterocycles. The molecule has 32 heavy (non-hydrogen) atoms. The van der Waals surface area contributed by atoms with E-state index in [0.717, 1.165) is 16.7 Å². The Morgan fingerprint density at radius 2 is 2.00 bits per heavy atom. The maximum atomic E-state index is 12.6. The van der Waals surface area contributed by atoms with Gasteiger partial charge in [0, 0.05) is 0 Å². The van der Waals surface area contributed by atoms with Gasteiger partial charge in [-0.2, -0.15) is 0 Å². The minimum absolute atomic E-state index is 0.288. The number of benzene rings is 1. The van der Waals surface area contributed by atoms with E-state index in [1.807, 2.05) is 45.0 Å². The van der Waals surface area contributed by atoms with E-state index in [4.69, 9.17) is 4.74 Å². The lowest BCUT2D eigenvalue weighted by atomic mass is 9.92. The summed E-state index contributed by atoms with van der Waals surface area (Å²) in [5, 5.41) is 3.62. The molecular formula is C23H27N5O3S. The molecule has 3 rings (SSSR count). The number of nitrogens with one attached hydrogen (secondary N) is 3. The summed E-state index contributed by atoms with van der Waals surface area (Å²) in [6, 6.07) is 7.46. The number of carbonyl (C=O) groups excluding carboxylic acids is 2. The van der Waals surface area contributed by atoms with E-state index in [1.165, 1.54) is 17.7 Å². The fourth-order valence-electron chi connectivity index (χ4n) is 3.23. The first kappa shape index (κ1) is 23.2. The molecule has 0 saturated carbocycles. The van der Waals surface area contributed by atoms with E-state index in [1.54, 1.807) is 13.8 Å². The van der Waals surface area contributed by atoms with Gasteiger partial charge in [0.25, 0.3) is 0 Å². The zero-order valence-corrected chi connectivity index (χ0v) is 19.6. The summed E-state index contributed by atoms with van der Waals surface area (Å²) in [7, 11) is 0. The van der Waals surface area contributed by atoms with E-state index < -0.39 is 17.5 Å². The number of esters is 1. The van der Waals surface area contributed by atoms with Gasteiger partial charge in [-0.05, 0) is 57.4 Å². The van der Waals surface area contributed by atoms with Crippen LogP contribution in [-0.4, -0.2) is 28.6 Å². The van der Waals surface area contributed by atoms with Crippen molar-refractivity contribution in [3.63, 3.8) is 0 Å². The predicted molar refractivity (Wildman–Crippen MR) is 128 cm³/mol. The van der Waals surface area contributed by atoms with Crippen LogP contribution in [0.25, 0.3) is 15.8 Å². The fraction of sp³-hybridized carbons (Fsp3) is 0.304. The van der Waals surface area contributed by atoms with Crippen molar-refractivity contribution in [3.8, 4) is 0 Å². The van der Waals surface area contributed by atoms with Gasteiger partial charge < -0.3 is 10.1 Å². The lowest BCUT2D eigenvalue weighted by Crippen LogP contribution is -2.48. The second kappa shape index (κ2) is 9.35. The van der Waals surface area contributed by atoms with E-state index in [2.05, 4.69) is 32.7 Å². The van der Waals surface area contributed by atoms with Gasteiger partial charge in [0.1, 0.15) is 16.0 Å². The van der Waals surface area contributed by atoms with Crippen LogP contribution in [-0.2, 0) is 10.3 Å². The minimum Gasteiger partial charge on any atom is -0.462 e. The van der Waals surface area contributed by atoms with Crippen LogP contribution in [0.1, 0.15) is 54.1 Å². The topological polar surface area (TPSA) is 105 Å². The van der Waals surface area contributed by atoms with Gasteiger partial charge in [0.15, 0.2) is 5.82 Å². The Morgan fingerprint density at radius 1 is 1.25 bits per heavy atom. The first-order valence-corrected chi connectivity index (χ1v) is 11.0. The highest BCUT2D eigenvalue weighted by molar-refractivity contribution is 7.20. The van der Waals surface area contributed by atoms with Crippen molar-refractivity contribution in [1.29, 1.82) is 0 Å². The highest BCUT2D eigenvalue weighted by atomic mass is 32.1. The number of carbonyl (C=O) groups is 2. The summed E-state index contributed by atoms with van der Waals surface area (Å²) in [6.07, 6.45) is 1.38. The van der Waals surface area contributed by atoms with E-state index in [-0.39, 0.29) is 6.61 Å². The average molecular weight is 454 g/mol. The number of hydrazine groups is 1. The van der Waals surface area contributed by atoms with Gasteiger partial charge in [-0.3, -0.25) is 10.9 Å². The molecular weight excluding hydrogens is 426 g/mol. The van der Waals surface area contributed by atoms with Gasteiger partial charge >= 0.3 is 12.0 Å². The normalized spacial score (nSPS) is 11.2. The third-order valence-corrected chi connectivity index (χ3v) is 6.17. The number of hydrogen-bond donors (Lipinski definition) is 3. The Bertz CT molecular complexity index is 1190. The molecule has 0 unspecified atom stereocenters. The Balaban J connectivity index is 1.75. The monoisotopic (exact) mass is 453 g/mol. The number of nitrogens with zero attached hydrogens (tertiary/aromatic N) is 2. The van der Waals surface area contributed by atoms with E-state index in [9.17, 15) is 9.59 Å². The third kappa shape index (κ3) is 4.88. The Morgan fingerprint density at radius 3 is 2.69 bits per heavy atom. The van der Waals surface area contributed by atoms with Gasteiger partial charge in [0.2, 0.25) is 0 Å². The molecule has 0 atom stereocenters. The van der Waals surface area contributed by atoms with Crippen LogP contribution in [0.2, 0.25) is 0 Å². The molecule has 0 fully saturated rings. The molecule has 168 valence electrons. The molecule has 8 nitrogen and oxygen atoms in total. The molecule has 3 N–H and O–H groups in total. The van der Waals surface area contributed by atoms with Crippen molar-refractivity contribution in [2.75, 3.05) is 12.0 Å². The maximum Gasteiger partial charge on any atom is 0.348 e. The number of allylic oxidation sites excluding steroid dienone is 1. The molecule has 0 spiro atoms. The summed E-state index contributed by atoms with van der Waals surface area (Å²) < 4.78 is 5.11. The molecule has 0 aliphatic rings. The van der Waals surface area contributed by atoms with Crippen molar-refractivity contribution in [2.24, 2.45) is 0 Å². The summed E-state index contributed by atoms with van der Waals surface area (Å²) in [4.78, 5) is 34.4.